The molecule has 3 aromatic carbocycles. The van der Waals surface area contributed by atoms with Crippen LogP contribution in [0.15, 0.2) is 66.2 Å². The van der Waals surface area contributed by atoms with Crippen molar-refractivity contribution in [1.29, 1.82) is 0 Å². The number of hydrogen-bond acceptors (Lipinski definition) is 5. The van der Waals surface area contributed by atoms with Crippen molar-refractivity contribution in [2.75, 3.05) is 18.6 Å². The molecule has 0 atom stereocenters. The predicted molar refractivity (Wildman–Crippen MR) is 134 cm³/mol. The number of carbonyl (C=O) groups excluding carboxylic acids is 3. The molecule has 9 heteroatoms. The minimum Gasteiger partial charge on any atom is -0.497 e. The summed E-state index contributed by atoms with van der Waals surface area (Å²) in [6.07, 6.45) is 1.67. The van der Waals surface area contributed by atoms with Crippen LogP contribution in [0.3, 0.4) is 0 Å². The molecule has 0 spiro atoms. The van der Waals surface area contributed by atoms with Crippen molar-refractivity contribution >= 4 is 41.2 Å². The van der Waals surface area contributed by atoms with Crippen LogP contribution in [0.1, 0.15) is 23.6 Å². The average Bonchev–Trinajstić information content (AvgIpc) is 2.84. The van der Waals surface area contributed by atoms with Gasteiger partial charge in [0.1, 0.15) is 22.9 Å². The van der Waals surface area contributed by atoms with Crippen molar-refractivity contribution in [1.82, 2.24) is 5.32 Å². The minimum atomic E-state index is -0.856. The third-order valence-corrected chi connectivity index (χ3v) is 5.83. The highest BCUT2D eigenvalue weighted by molar-refractivity contribution is 6.39. The zero-order valence-electron chi connectivity index (χ0n) is 19.5. The quantitative estimate of drug-likeness (QED) is 0.353. The molecule has 0 unspecified atom stereocenters. The van der Waals surface area contributed by atoms with Gasteiger partial charge in [0.2, 0.25) is 0 Å². The number of urea groups is 1. The molecular formula is C27H22ClFN2O5. The fraction of sp³-hybridized carbons (Fsp3) is 0.148. The topological polar surface area (TPSA) is 84.9 Å². The van der Waals surface area contributed by atoms with Gasteiger partial charge in [-0.25, -0.2) is 14.1 Å². The van der Waals surface area contributed by atoms with Crippen molar-refractivity contribution < 1.29 is 28.2 Å². The summed E-state index contributed by atoms with van der Waals surface area (Å²) in [5.74, 6) is -0.986. The minimum absolute atomic E-state index is 0.248. The van der Waals surface area contributed by atoms with Crippen LogP contribution in [0.5, 0.6) is 11.5 Å². The Bertz CT molecular complexity index is 1370. The molecule has 184 valence electrons. The maximum Gasteiger partial charge on any atom is 0.335 e. The lowest BCUT2D eigenvalue weighted by molar-refractivity contribution is -0.122. The molecule has 4 rings (SSSR count). The van der Waals surface area contributed by atoms with Gasteiger partial charge in [0, 0.05) is 17.0 Å². The van der Waals surface area contributed by atoms with Crippen molar-refractivity contribution in [3.05, 3.63) is 93.8 Å². The van der Waals surface area contributed by atoms with Crippen LogP contribution in [0.2, 0.25) is 5.02 Å². The van der Waals surface area contributed by atoms with E-state index in [0.29, 0.717) is 46.2 Å². The number of methoxy groups -OCH3 is 1. The summed E-state index contributed by atoms with van der Waals surface area (Å²) in [4.78, 5) is 39.1. The molecule has 4 amide bonds. The second kappa shape index (κ2) is 10.6. The Labute approximate surface area is 212 Å². The predicted octanol–water partition coefficient (Wildman–Crippen LogP) is 5.14. The lowest BCUT2D eigenvalue weighted by Gasteiger charge is -2.26. The molecule has 0 aliphatic carbocycles. The molecule has 3 aromatic rings. The van der Waals surface area contributed by atoms with Gasteiger partial charge in [-0.3, -0.25) is 14.9 Å². The Morgan fingerprint density at radius 2 is 1.81 bits per heavy atom. The number of imide groups is 2. The number of amides is 4. The second-order valence-electron chi connectivity index (χ2n) is 7.88. The van der Waals surface area contributed by atoms with Gasteiger partial charge in [-0.2, -0.15) is 0 Å². The number of hydrogen-bond donors (Lipinski definition) is 1. The average molecular weight is 509 g/mol. The maximum absolute atomic E-state index is 13.7. The maximum atomic E-state index is 13.7. The summed E-state index contributed by atoms with van der Waals surface area (Å²) in [7, 11) is 1.50. The van der Waals surface area contributed by atoms with E-state index in [1.165, 1.54) is 37.5 Å². The van der Waals surface area contributed by atoms with Gasteiger partial charge in [-0.15, -0.1) is 0 Å². The van der Waals surface area contributed by atoms with E-state index in [1.54, 1.807) is 36.4 Å². The molecule has 1 N–H and O–H groups in total. The summed E-state index contributed by atoms with van der Waals surface area (Å²) in [5, 5.41) is 2.51. The fourth-order valence-corrected chi connectivity index (χ4v) is 4.10. The highest BCUT2D eigenvalue weighted by Gasteiger charge is 2.36. The standard InChI is InChI=1S/C27H22ClFN2O5/c1-3-36-24-15-17(14-23(28)21(24)12-16-5-4-6-18(29)11-16)13-22-25(32)30-27(34)31(26(22)33)19-7-9-20(35-2)10-8-19/h4-11,13-15H,3,12H2,1-2H3,(H,30,32,34)/b22-13+. The van der Waals surface area contributed by atoms with E-state index < -0.39 is 17.8 Å². The number of carbonyl (C=O) groups is 3. The molecule has 1 heterocycles. The van der Waals surface area contributed by atoms with E-state index in [2.05, 4.69) is 5.32 Å². The molecule has 0 bridgehead atoms. The molecule has 36 heavy (non-hydrogen) atoms. The van der Waals surface area contributed by atoms with Crippen LogP contribution >= 0.6 is 11.6 Å². The van der Waals surface area contributed by atoms with Crippen LogP contribution in [0.25, 0.3) is 6.08 Å². The number of nitrogens with zero attached hydrogens (tertiary/aromatic N) is 1. The summed E-state index contributed by atoms with van der Waals surface area (Å²) in [6, 6.07) is 14.8. The lowest BCUT2D eigenvalue weighted by Crippen LogP contribution is -2.54. The van der Waals surface area contributed by atoms with Gasteiger partial charge in [-0.05, 0) is 72.7 Å². The molecular weight excluding hydrogens is 487 g/mol. The van der Waals surface area contributed by atoms with Gasteiger partial charge in [0.25, 0.3) is 11.8 Å². The number of nitrogens with one attached hydrogen (secondary N) is 1. The molecule has 1 aliphatic heterocycles. The lowest BCUT2D eigenvalue weighted by atomic mass is 10.00. The van der Waals surface area contributed by atoms with Gasteiger partial charge >= 0.3 is 6.03 Å². The first-order valence-corrected chi connectivity index (χ1v) is 11.4. The smallest absolute Gasteiger partial charge is 0.335 e. The molecule has 1 saturated heterocycles. The largest absolute Gasteiger partial charge is 0.497 e. The summed E-state index contributed by atoms with van der Waals surface area (Å²) in [5.41, 5.74) is 1.80. The Morgan fingerprint density at radius 3 is 2.47 bits per heavy atom. The van der Waals surface area contributed by atoms with E-state index in [-0.39, 0.29) is 17.1 Å². The number of barbiturate groups is 1. The Hall–Kier alpha value is -4.17. The molecule has 7 nitrogen and oxygen atoms in total. The third kappa shape index (κ3) is 5.23. The normalized spacial score (nSPS) is 14.7. The molecule has 0 saturated carbocycles. The number of halogens is 2. The zero-order valence-corrected chi connectivity index (χ0v) is 20.3. The molecule has 1 fully saturated rings. The van der Waals surface area contributed by atoms with Crippen molar-refractivity contribution in [2.24, 2.45) is 0 Å². The first-order valence-electron chi connectivity index (χ1n) is 11.1. The van der Waals surface area contributed by atoms with Gasteiger partial charge in [0.05, 0.1) is 19.4 Å². The SMILES string of the molecule is CCOc1cc(/C=C2\C(=O)NC(=O)N(c3ccc(OC)cc3)C2=O)cc(Cl)c1Cc1cccc(F)c1. The van der Waals surface area contributed by atoms with Crippen molar-refractivity contribution in [2.45, 2.75) is 13.3 Å². The number of rotatable bonds is 7. The van der Waals surface area contributed by atoms with E-state index in [1.807, 2.05) is 6.92 Å². The van der Waals surface area contributed by atoms with E-state index in [4.69, 9.17) is 21.1 Å². The van der Waals surface area contributed by atoms with Crippen molar-refractivity contribution in [3.63, 3.8) is 0 Å². The van der Waals surface area contributed by atoms with Crippen LogP contribution in [-0.4, -0.2) is 31.6 Å². The summed E-state index contributed by atoms with van der Waals surface area (Å²) < 4.78 is 24.5. The first-order chi connectivity index (χ1) is 17.3. The van der Waals surface area contributed by atoms with Crippen LogP contribution in [0.4, 0.5) is 14.9 Å². The molecule has 0 aromatic heterocycles. The van der Waals surface area contributed by atoms with E-state index in [0.717, 1.165) is 4.90 Å². The van der Waals surface area contributed by atoms with E-state index >= 15 is 0 Å². The van der Waals surface area contributed by atoms with Gasteiger partial charge in [0.15, 0.2) is 0 Å². The Morgan fingerprint density at radius 1 is 1.06 bits per heavy atom. The monoisotopic (exact) mass is 508 g/mol. The van der Waals surface area contributed by atoms with Gasteiger partial charge in [-0.1, -0.05) is 23.7 Å². The van der Waals surface area contributed by atoms with Crippen LogP contribution < -0.4 is 19.7 Å². The first kappa shape index (κ1) is 24.9. The highest BCUT2D eigenvalue weighted by atomic mass is 35.5. The summed E-state index contributed by atoms with van der Waals surface area (Å²) >= 11 is 6.56. The Balaban J connectivity index is 1.70. The fourth-order valence-electron chi connectivity index (χ4n) is 3.81. The Kier molecular flexibility index (Phi) is 7.36. The third-order valence-electron chi connectivity index (χ3n) is 5.49. The number of benzene rings is 3. The van der Waals surface area contributed by atoms with Crippen molar-refractivity contribution in [3.8, 4) is 11.5 Å². The number of ether oxygens (including phenoxy) is 2. The zero-order chi connectivity index (χ0) is 25.8. The second-order valence-corrected chi connectivity index (χ2v) is 8.28. The molecule has 0 radical (unpaired) electrons. The van der Waals surface area contributed by atoms with Gasteiger partial charge < -0.3 is 9.47 Å². The van der Waals surface area contributed by atoms with E-state index in [9.17, 15) is 18.8 Å². The molecule has 1 aliphatic rings. The van der Waals surface area contributed by atoms with Crippen LogP contribution in [0, 0.1) is 5.82 Å². The van der Waals surface area contributed by atoms with Crippen LogP contribution in [-0.2, 0) is 16.0 Å². The summed E-state index contributed by atoms with van der Waals surface area (Å²) in [6.45, 7) is 2.15. The number of anilines is 1. The highest BCUT2D eigenvalue weighted by Crippen LogP contribution is 2.33.